The SMILES string of the molecule is Clc1ccc2ncc(-c3ccc4cnccc4c3)n2n1. The number of pyridine rings is 1. The van der Waals surface area contributed by atoms with Gasteiger partial charge in [-0.3, -0.25) is 4.98 Å². The fourth-order valence-corrected chi connectivity index (χ4v) is 2.43. The lowest BCUT2D eigenvalue weighted by molar-refractivity contribution is 0.943. The number of rotatable bonds is 1. The largest absolute Gasteiger partial charge is 0.264 e. The standard InChI is InChI=1S/C15H9ClN4/c16-14-3-4-15-18-9-13(20(15)19-14)11-1-2-12-8-17-6-5-10(12)7-11/h1-9H. The summed E-state index contributed by atoms with van der Waals surface area (Å²) in [7, 11) is 0. The molecule has 0 spiro atoms. The van der Waals surface area contributed by atoms with Gasteiger partial charge in [-0.25, -0.2) is 9.50 Å². The van der Waals surface area contributed by atoms with Crippen LogP contribution in [0.25, 0.3) is 27.7 Å². The van der Waals surface area contributed by atoms with Gasteiger partial charge in [0, 0.05) is 23.3 Å². The van der Waals surface area contributed by atoms with E-state index in [1.54, 1.807) is 23.0 Å². The number of fused-ring (bicyclic) bond motifs is 2. The molecule has 0 unspecified atom stereocenters. The van der Waals surface area contributed by atoms with Crippen molar-refractivity contribution in [1.82, 2.24) is 19.6 Å². The van der Waals surface area contributed by atoms with E-state index in [9.17, 15) is 0 Å². The van der Waals surface area contributed by atoms with E-state index in [4.69, 9.17) is 11.6 Å². The van der Waals surface area contributed by atoms with Gasteiger partial charge in [-0.2, -0.15) is 5.10 Å². The second-order valence-corrected chi connectivity index (χ2v) is 4.89. The molecule has 4 nitrogen and oxygen atoms in total. The van der Waals surface area contributed by atoms with Crippen LogP contribution in [0.15, 0.2) is 55.0 Å². The summed E-state index contributed by atoms with van der Waals surface area (Å²) in [5.74, 6) is 0. The van der Waals surface area contributed by atoms with Crippen molar-refractivity contribution in [3.8, 4) is 11.3 Å². The number of hydrogen-bond acceptors (Lipinski definition) is 3. The van der Waals surface area contributed by atoms with Crippen molar-refractivity contribution >= 4 is 28.0 Å². The molecule has 5 heteroatoms. The summed E-state index contributed by atoms with van der Waals surface area (Å²) in [6.45, 7) is 0. The minimum atomic E-state index is 0.446. The molecule has 4 aromatic rings. The summed E-state index contributed by atoms with van der Waals surface area (Å²) in [5.41, 5.74) is 2.74. The van der Waals surface area contributed by atoms with Gasteiger partial charge in [0.2, 0.25) is 0 Å². The molecule has 0 atom stereocenters. The topological polar surface area (TPSA) is 43.1 Å². The molecule has 0 aliphatic carbocycles. The first-order valence-electron chi connectivity index (χ1n) is 6.16. The van der Waals surface area contributed by atoms with Gasteiger partial charge in [0.05, 0.1) is 11.9 Å². The van der Waals surface area contributed by atoms with Gasteiger partial charge < -0.3 is 0 Å². The van der Waals surface area contributed by atoms with Gasteiger partial charge in [-0.05, 0) is 29.7 Å². The molecule has 0 amide bonds. The first-order valence-corrected chi connectivity index (χ1v) is 6.53. The zero-order valence-corrected chi connectivity index (χ0v) is 11.1. The van der Waals surface area contributed by atoms with Gasteiger partial charge in [0.1, 0.15) is 5.15 Å². The predicted molar refractivity (Wildman–Crippen MR) is 78.7 cm³/mol. The molecule has 3 aromatic heterocycles. The molecule has 0 bridgehead atoms. The van der Waals surface area contributed by atoms with Crippen molar-refractivity contribution in [1.29, 1.82) is 0 Å². The van der Waals surface area contributed by atoms with Gasteiger partial charge in [0.25, 0.3) is 0 Å². The number of imidazole rings is 1. The summed E-state index contributed by atoms with van der Waals surface area (Å²) < 4.78 is 1.75. The van der Waals surface area contributed by atoms with Gasteiger partial charge in [-0.1, -0.05) is 23.7 Å². The normalized spacial score (nSPS) is 11.2. The second-order valence-electron chi connectivity index (χ2n) is 4.51. The third kappa shape index (κ3) is 1.73. The molecule has 0 N–H and O–H groups in total. The van der Waals surface area contributed by atoms with Gasteiger partial charge >= 0.3 is 0 Å². The Morgan fingerprint density at radius 3 is 2.85 bits per heavy atom. The van der Waals surface area contributed by atoms with E-state index in [-0.39, 0.29) is 0 Å². The van der Waals surface area contributed by atoms with Crippen LogP contribution in [0, 0.1) is 0 Å². The van der Waals surface area contributed by atoms with E-state index >= 15 is 0 Å². The van der Waals surface area contributed by atoms with Crippen LogP contribution in [0.1, 0.15) is 0 Å². The lowest BCUT2D eigenvalue weighted by atomic mass is 10.1. The first kappa shape index (κ1) is 11.4. The molecule has 20 heavy (non-hydrogen) atoms. The van der Waals surface area contributed by atoms with E-state index in [1.165, 1.54) is 0 Å². The Morgan fingerprint density at radius 1 is 0.950 bits per heavy atom. The van der Waals surface area contributed by atoms with Gasteiger partial charge in [0.15, 0.2) is 5.65 Å². The number of halogens is 1. The summed E-state index contributed by atoms with van der Waals surface area (Å²) in [5, 5.41) is 6.99. The second kappa shape index (κ2) is 4.28. The van der Waals surface area contributed by atoms with E-state index in [1.807, 2.05) is 30.5 Å². The fraction of sp³-hybridized carbons (Fsp3) is 0. The zero-order valence-electron chi connectivity index (χ0n) is 10.4. The van der Waals surface area contributed by atoms with Crippen molar-refractivity contribution in [3.05, 3.63) is 60.1 Å². The highest BCUT2D eigenvalue weighted by molar-refractivity contribution is 6.29. The van der Waals surface area contributed by atoms with Crippen molar-refractivity contribution in [3.63, 3.8) is 0 Å². The number of hydrogen-bond donors (Lipinski definition) is 0. The van der Waals surface area contributed by atoms with Crippen LogP contribution >= 0.6 is 11.6 Å². The molecular formula is C15H9ClN4. The van der Waals surface area contributed by atoms with E-state index in [0.29, 0.717) is 5.15 Å². The monoisotopic (exact) mass is 280 g/mol. The van der Waals surface area contributed by atoms with Crippen LogP contribution in [0.4, 0.5) is 0 Å². The molecular weight excluding hydrogens is 272 g/mol. The Kier molecular flexibility index (Phi) is 2.44. The molecule has 0 aliphatic rings. The van der Waals surface area contributed by atoms with Crippen molar-refractivity contribution in [2.75, 3.05) is 0 Å². The molecule has 0 saturated heterocycles. The maximum absolute atomic E-state index is 5.96. The number of benzene rings is 1. The smallest absolute Gasteiger partial charge is 0.154 e. The quantitative estimate of drug-likeness (QED) is 0.535. The Balaban J connectivity index is 1.98. The predicted octanol–water partition coefficient (Wildman–Crippen LogP) is 3.60. The Morgan fingerprint density at radius 2 is 1.90 bits per heavy atom. The molecule has 96 valence electrons. The highest BCUT2D eigenvalue weighted by Crippen LogP contribution is 2.24. The lowest BCUT2D eigenvalue weighted by Crippen LogP contribution is -1.94. The van der Waals surface area contributed by atoms with Crippen LogP contribution in [0.3, 0.4) is 0 Å². The number of nitrogens with zero attached hydrogens (tertiary/aromatic N) is 4. The average molecular weight is 281 g/mol. The summed E-state index contributed by atoms with van der Waals surface area (Å²) in [6, 6.07) is 11.8. The molecule has 0 fully saturated rings. The summed E-state index contributed by atoms with van der Waals surface area (Å²) >= 11 is 5.96. The number of aromatic nitrogens is 4. The molecule has 0 aliphatic heterocycles. The van der Waals surface area contributed by atoms with Crippen LogP contribution in [0.5, 0.6) is 0 Å². The van der Waals surface area contributed by atoms with Crippen molar-refractivity contribution in [2.45, 2.75) is 0 Å². The Hall–Kier alpha value is -2.46. The molecule has 0 radical (unpaired) electrons. The van der Waals surface area contributed by atoms with E-state index in [2.05, 4.69) is 21.1 Å². The summed E-state index contributed by atoms with van der Waals surface area (Å²) in [4.78, 5) is 8.47. The molecule has 4 rings (SSSR count). The first-order chi connectivity index (χ1) is 9.81. The van der Waals surface area contributed by atoms with E-state index < -0.39 is 0 Å². The maximum Gasteiger partial charge on any atom is 0.154 e. The van der Waals surface area contributed by atoms with Crippen LogP contribution in [-0.4, -0.2) is 19.6 Å². The Bertz CT molecular complexity index is 929. The maximum atomic E-state index is 5.96. The highest BCUT2D eigenvalue weighted by Gasteiger charge is 2.08. The van der Waals surface area contributed by atoms with Crippen molar-refractivity contribution in [2.24, 2.45) is 0 Å². The lowest BCUT2D eigenvalue weighted by Gasteiger charge is -2.03. The minimum absolute atomic E-state index is 0.446. The minimum Gasteiger partial charge on any atom is -0.264 e. The zero-order chi connectivity index (χ0) is 13.5. The molecule has 3 heterocycles. The highest BCUT2D eigenvalue weighted by atomic mass is 35.5. The van der Waals surface area contributed by atoms with E-state index in [0.717, 1.165) is 27.7 Å². The van der Waals surface area contributed by atoms with Crippen LogP contribution < -0.4 is 0 Å². The summed E-state index contributed by atoms with van der Waals surface area (Å²) in [6.07, 6.45) is 5.44. The Labute approximate surface area is 119 Å². The fourth-order valence-electron chi connectivity index (χ4n) is 2.29. The molecule has 0 saturated carbocycles. The molecule has 1 aromatic carbocycles. The average Bonchev–Trinajstić information content (AvgIpc) is 2.89. The van der Waals surface area contributed by atoms with Gasteiger partial charge in [-0.15, -0.1) is 0 Å². The van der Waals surface area contributed by atoms with Crippen molar-refractivity contribution < 1.29 is 0 Å². The van der Waals surface area contributed by atoms with Crippen LogP contribution in [-0.2, 0) is 0 Å². The third-order valence-corrected chi connectivity index (χ3v) is 3.47. The third-order valence-electron chi connectivity index (χ3n) is 3.27. The van der Waals surface area contributed by atoms with Crippen LogP contribution in [0.2, 0.25) is 5.15 Å².